The molecule has 0 unspecified atom stereocenters. The molecule has 6 heteroatoms. The summed E-state index contributed by atoms with van der Waals surface area (Å²) >= 11 is 3.39. The topological polar surface area (TPSA) is 67.8 Å². The maximum atomic E-state index is 12.5. The molecule has 0 atom stereocenters. The second-order valence-corrected chi connectivity index (χ2v) is 7.73. The number of nitrogens with one attached hydrogen (secondary N) is 1. The van der Waals surface area contributed by atoms with E-state index in [0.717, 1.165) is 22.4 Å². The number of pyridine rings is 3. The lowest BCUT2D eigenvalue weighted by Gasteiger charge is -2.15. The van der Waals surface area contributed by atoms with Crippen LogP contribution in [0.15, 0.2) is 75.0 Å². The lowest BCUT2D eigenvalue weighted by atomic mass is 9.99. The van der Waals surface area contributed by atoms with Gasteiger partial charge >= 0.3 is 0 Å². The SMILES string of the molecule is CC(C)n1cc(-c2cc3c(=O)cc[nH]c3nc2-c2ccccc2)cc(Br)c1=O. The number of hydrogen-bond acceptors (Lipinski definition) is 3. The van der Waals surface area contributed by atoms with Crippen LogP contribution in [0.3, 0.4) is 0 Å². The van der Waals surface area contributed by atoms with Crippen LogP contribution in [0.5, 0.6) is 0 Å². The fraction of sp³-hybridized carbons (Fsp3) is 0.136. The molecule has 1 N–H and O–H groups in total. The van der Waals surface area contributed by atoms with E-state index in [2.05, 4.69) is 20.9 Å². The minimum Gasteiger partial charge on any atom is -0.346 e. The van der Waals surface area contributed by atoms with E-state index in [1.807, 2.05) is 56.4 Å². The first kappa shape index (κ1) is 18.4. The van der Waals surface area contributed by atoms with Gasteiger partial charge < -0.3 is 9.55 Å². The summed E-state index contributed by atoms with van der Waals surface area (Å²) in [6.07, 6.45) is 3.42. The van der Waals surface area contributed by atoms with Crippen molar-refractivity contribution >= 4 is 27.0 Å². The van der Waals surface area contributed by atoms with Crippen molar-refractivity contribution in [1.82, 2.24) is 14.5 Å². The third kappa shape index (κ3) is 3.20. The van der Waals surface area contributed by atoms with Crippen molar-refractivity contribution in [3.63, 3.8) is 0 Å². The minimum absolute atomic E-state index is 0.000689. The predicted octanol–water partition coefficient (Wildman–Crippen LogP) is 4.76. The molecule has 1 aromatic carbocycles. The molecule has 4 rings (SSSR count). The second kappa shape index (κ2) is 7.20. The molecule has 3 aromatic heterocycles. The van der Waals surface area contributed by atoms with Crippen molar-refractivity contribution in [1.29, 1.82) is 0 Å². The first-order valence-corrected chi connectivity index (χ1v) is 9.75. The normalized spacial score (nSPS) is 11.3. The molecule has 5 nitrogen and oxygen atoms in total. The second-order valence-electron chi connectivity index (χ2n) is 6.87. The highest BCUT2D eigenvalue weighted by Crippen LogP contribution is 2.33. The summed E-state index contributed by atoms with van der Waals surface area (Å²) < 4.78 is 2.15. The van der Waals surface area contributed by atoms with Crippen LogP contribution in [0.2, 0.25) is 0 Å². The number of H-pyrrole nitrogens is 1. The number of fused-ring (bicyclic) bond motifs is 1. The first-order chi connectivity index (χ1) is 13.5. The van der Waals surface area contributed by atoms with Crippen LogP contribution >= 0.6 is 15.9 Å². The Kier molecular flexibility index (Phi) is 4.73. The fourth-order valence-corrected chi connectivity index (χ4v) is 3.68. The van der Waals surface area contributed by atoms with E-state index in [9.17, 15) is 9.59 Å². The Morgan fingerprint density at radius 2 is 1.79 bits per heavy atom. The Balaban J connectivity index is 2.10. The van der Waals surface area contributed by atoms with E-state index >= 15 is 0 Å². The number of aromatic amines is 1. The molecule has 0 aliphatic rings. The highest BCUT2D eigenvalue weighted by atomic mass is 79.9. The molecule has 28 heavy (non-hydrogen) atoms. The minimum atomic E-state index is -0.0987. The van der Waals surface area contributed by atoms with Gasteiger partial charge in [0.2, 0.25) is 0 Å². The van der Waals surface area contributed by atoms with Crippen molar-refractivity contribution in [2.75, 3.05) is 0 Å². The number of hydrogen-bond donors (Lipinski definition) is 1. The Bertz CT molecular complexity index is 1290. The summed E-state index contributed by atoms with van der Waals surface area (Å²) in [5.41, 5.74) is 3.64. The Morgan fingerprint density at radius 3 is 2.50 bits per heavy atom. The predicted molar refractivity (Wildman–Crippen MR) is 116 cm³/mol. The van der Waals surface area contributed by atoms with Crippen LogP contribution < -0.4 is 11.0 Å². The maximum Gasteiger partial charge on any atom is 0.265 e. The average molecular weight is 436 g/mol. The van der Waals surface area contributed by atoms with Gasteiger partial charge in [0.15, 0.2) is 5.43 Å². The number of benzene rings is 1. The Hall–Kier alpha value is -2.99. The number of halogens is 1. The van der Waals surface area contributed by atoms with Gasteiger partial charge in [0.1, 0.15) is 5.65 Å². The molecule has 0 bridgehead atoms. The molecule has 0 radical (unpaired) electrons. The molecule has 0 aliphatic carbocycles. The van der Waals surface area contributed by atoms with Crippen molar-refractivity contribution in [2.24, 2.45) is 0 Å². The molecule has 0 saturated heterocycles. The van der Waals surface area contributed by atoms with Gasteiger partial charge in [-0.1, -0.05) is 30.3 Å². The summed E-state index contributed by atoms with van der Waals surface area (Å²) in [5.74, 6) is 0. The van der Waals surface area contributed by atoms with E-state index in [1.54, 1.807) is 16.8 Å². The van der Waals surface area contributed by atoms with E-state index in [4.69, 9.17) is 4.98 Å². The lowest BCUT2D eigenvalue weighted by Crippen LogP contribution is -2.22. The van der Waals surface area contributed by atoms with Crippen molar-refractivity contribution < 1.29 is 0 Å². The zero-order valence-corrected chi connectivity index (χ0v) is 17.0. The quantitative estimate of drug-likeness (QED) is 0.504. The van der Waals surface area contributed by atoms with Crippen LogP contribution in [0.1, 0.15) is 19.9 Å². The number of nitrogens with zero attached hydrogens (tertiary/aromatic N) is 2. The average Bonchev–Trinajstić information content (AvgIpc) is 2.70. The molecular weight excluding hydrogens is 418 g/mol. The monoisotopic (exact) mass is 435 g/mol. The molecule has 0 spiro atoms. The highest BCUT2D eigenvalue weighted by molar-refractivity contribution is 9.10. The van der Waals surface area contributed by atoms with E-state index < -0.39 is 0 Å². The van der Waals surface area contributed by atoms with E-state index in [1.165, 1.54) is 6.07 Å². The molecular formula is C22H18BrN3O2. The molecule has 4 aromatic rings. The van der Waals surface area contributed by atoms with Gasteiger partial charge in [-0.3, -0.25) is 9.59 Å². The Labute approximate surface area is 169 Å². The maximum absolute atomic E-state index is 12.5. The van der Waals surface area contributed by atoms with Gasteiger partial charge in [-0.2, -0.15) is 0 Å². The third-order valence-electron chi connectivity index (χ3n) is 4.66. The van der Waals surface area contributed by atoms with Gasteiger partial charge in [-0.15, -0.1) is 0 Å². The van der Waals surface area contributed by atoms with Gasteiger partial charge in [0.25, 0.3) is 5.56 Å². The zero-order chi connectivity index (χ0) is 19.8. The summed E-state index contributed by atoms with van der Waals surface area (Å²) in [7, 11) is 0. The fourth-order valence-electron chi connectivity index (χ4n) is 3.23. The first-order valence-electron chi connectivity index (χ1n) is 8.95. The standard InChI is InChI=1S/C22H18BrN3O2/c1-13(2)26-12-15(10-18(23)22(26)28)16-11-17-19(27)8-9-24-21(17)25-20(16)14-6-4-3-5-7-14/h3-13H,1-2H3,(H,24,25,27). The molecule has 0 amide bonds. The van der Waals surface area contributed by atoms with E-state index in [-0.39, 0.29) is 17.0 Å². The summed E-state index contributed by atoms with van der Waals surface area (Å²) in [6.45, 7) is 3.91. The summed E-state index contributed by atoms with van der Waals surface area (Å²) in [4.78, 5) is 32.6. The van der Waals surface area contributed by atoms with Crippen LogP contribution in [0.4, 0.5) is 0 Å². The van der Waals surface area contributed by atoms with Gasteiger partial charge in [0, 0.05) is 41.2 Å². The van der Waals surface area contributed by atoms with Gasteiger partial charge in [0.05, 0.1) is 15.6 Å². The third-order valence-corrected chi connectivity index (χ3v) is 5.22. The number of aromatic nitrogens is 3. The van der Waals surface area contributed by atoms with Crippen molar-refractivity contribution in [3.05, 3.63) is 86.0 Å². The van der Waals surface area contributed by atoms with Crippen LogP contribution in [0.25, 0.3) is 33.4 Å². The van der Waals surface area contributed by atoms with Crippen LogP contribution in [0, 0.1) is 0 Å². The highest BCUT2D eigenvalue weighted by Gasteiger charge is 2.16. The van der Waals surface area contributed by atoms with Crippen molar-refractivity contribution in [2.45, 2.75) is 19.9 Å². The molecule has 0 fully saturated rings. The van der Waals surface area contributed by atoms with Gasteiger partial charge in [-0.25, -0.2) is 4.98 Å². The van der Waals surface area contributed by atoms with Crippen LogP contribution in [-0.2, 0) is 0 Å². The summed E-state index contributed by atoms with van der Waals surface area (Å²) in [6, 6.07) is 14.9. The van der Waals surface area contributed by atoms with E-state index in [0.29, 0.717) is 15.5 Å². The molecule has 3 heterocycles. The van der Waals surface area contributed by atoms with Crippen molar-refractivity contribution in [3.8, 4) is 22.4 Å². The lowest BCUT2D eigenvalue weighted by molar-refractivity contribution is 0.577. The largest absolute Gasteiger partial charge is 0.346 e. The molecule has 0 aliphatic heterocycles. The smallest absolute Gasteiger partial charge is 0.265 e. The van der Waals surface area contributed by atoms with Crippen LogP contribution in [-0.4, -0.2) is 14.5 Å². The molecule has 140 valence electrons. The number of rotatable bonds is 3. The molecule has 0 saturated carbocycles. The zero-order valence-electron chi connectivity index (χ0n) is 15.4. The Morgan fingerprint density at radius 1 is 1.04 bits per heavy atom. The van der Waals surface area contributed by atoms with Gasteiger partial charge in [-0.05, 0) is 41.9 Å². The summed E-state index contributed by atoms with van der Waals surface area (Å²) in [5, 5.41) is 0.510.